The average Bonchev–Trinajstić information content (AvgIpc) is 2.64. The lowest BCUT2D eigenvalue weighted by Crippen LogP contribution is -2.46. The van der Waals surface area contributed by atoms with Gasteiger partial charge in [-0.2, -0.15) is 0 Å². The third-order valence-electron chi connectivity index (χ3n) is 5.50. The van der Waals surface area contributed by atoms with Gasteiger partial charge in [-0.15, -0.1) is 0 Å². The minimum absolute atomic E-state index is 0.394. The lowest BCUT2D eigenvalue weighted by molar-refractivity contribution is 0.106. The molecule has 1 aromatic rings. The van der Waals surface area contributed by atoms with Gasteiger partial charge in [0.1, 0.15) is 0 Å². The Morgan fingerprint density at radius 1 is 1.26 bits per heavy atom. The Bertz CT molecular complexity index is 472. The van der Waals surface area contributed by atoms with Crippen LogP contribution >= 0.6 is 11.6 Å². The third kappa shape index (κ3) is 2.11. The molecule has 1 nitrogen and oxygen atoms in total. The topological polar surface area (TPSA) is 3.24 Å². The van der Waals surface area contributed by atoms with Crippen molar-refractivity contribution in [1.82, 2.24) is 4.90 Å². The van der Waals surface area contributed by atoms with Crippen molar-refractivity contribution in [2.75, 3.05) is 13.1 Å². The second-order valence-electron chi connectivity index (χ2n) is 6.69. The maximum atomic E-state index is 6.24. The molecule has 1 saturated heterocycles. The highest BCUT2D eigenvalue weighted by atomic mass is 35.5. The van der Waals surface area contributed by atoms with Crippen LogP contribution in [0.25, 0.3) is 0 Å². The number of fused-ring (bicyclic) bond motifs is 2. The highest BCUT2D eigenvalue weighted by Gasteiger charge is 2.46. The Kier molecular flexibility index (Phi) is 3.39. The van der Waals surface area contributed by atoms with Gasteiger partial charge < -0.3 is 4.90 Å². The molecule has 2 aliphatic rings. The van der Waals surface area contributed by atoms with E-state index in [-0.39, 0.29) is 0 Å². The molecular weight excluding hydrogens is 254 g/mol. The average molecular weight is 278 g/mol. The standard InChI is InChI=1S/C17H24ClN/c1-12(2)19-8-6-17(7-9-19)13(3)10-14-4-5-15(18)11-16(14)17/h4-5,11-13H,6-10H2,1-3H3. The van der Waals surface area contributed by atoms with Crippen LogP contribution < -0.4 is 0 Å². The molecule has 3 rings (SSSR count). The first-order valence-corrected chi connectivity index (χ1v) is 7.94. The molecule has 1 atom stereocenters. The van der Waals surface area contributed by atoms with Gasteiger partial charge >= 0.3 is 0 Å². The molecule has 19 heavy (non-hydrogen) atoms. The van der Waals surface area contributed by atoms with Crippen LogP contribution in [-0.2, 0) is 11.8 Å². The molecule has 1 spiro atoms. The number of hydrogen-bond acceptors (Lipinski definition) is 1. The SMILES string of the molecule is CC(C)N1CCC2(CC1)c1cc(Cl)ccc1CC2C. The van der Waals surface area contributed by atoms with E-state index in [1.807, 2.05) is 0 Å². The van der Waals surface area contributed by atoms with E-state index < -0.39 is 0 Å². The summed E-state index contributed by atoms with van der Waals surface area (Å²) in [5.74, 6) is 0.760. The third-order valence-corrected chi connectivity index (χ3v) is 5.73. The van der Waals surface area contributed by atoms with Crippen molar-refractivity contribution in [2.45, 2.75) is 51.5 Å². The molecule has 1 aromatic carbocycles. The monoisotopic (exact) mass is 277 g/mol. The maximum Gasteiger partial charge on any atom is 0.0409 e. The first-order chi connectivity index (χ1) is 9.03. The number of piperidine rings is 1. The molecule has 0 bridgehead atoms. The van der Waals surface area contributed by atoms with Crippen molar-refractivity contribution in [1.29, 1.82) is 0 Å². The van der Waals surface area contributed by atoms with Gasteiger partial charge in [0, 0.05) is 16.5 Å². The Balaban J connectivity index is 1.92. The van der Waals surface area contributed by atoms with E-state index in [2.05, 4.69) is 43.9 Å². The second kappa shape index (κ2) is 4.79. The van der Waals surface area contributed by atoms with Crippen LogP contribution in [0.3, 0.4) is 0 Å². The fourth-order valence-corrected chi connectivity index (χ4v) is 4.35. The van der Waals surface area contributed by atoms with Crippen molar-refractivity contribution < 1.29 is 0 Å². The molecule has 1 fully saturated rings. The lowest BCUT2D eigenvalue weighted by Gasteiger charge is -2.44. The lowest BCUT2D eigenvalue weighted by atomic mass is 9.68. The van der Waals surface area contributed by atoms with Gasteiger partial charge in [0.25, 0.3) is 0 Å². The summed E-state index contributed by atoms with van der Waals surface area (Å²) in [6.07, 6.45) is 3.81. The Hall–Kier alpha value is -0.530. The maximum absolute atomic E-state index is 6.24. The van der Waals surface area contributed by atoms with Gasteiger partial charge in [-0.25, -0.2) is 0 Å². The van der Waals surface area contributed by atoms with Crippen LogP contribution in [0.1, 0.15) is 44.7 Å². The largest absolute Gasteiger partial charge is 0.301 e. The minimum atomic E-state index is 0.394. The first kappa shape index (κ1) is 13.5. The summed E-state index contributed by atoms with van der Waals surface area (Å²) in [7, 11) is 0. The normalized spacial score (nSPS) is 26.1. The minimum Gasteiger partial charge on any atom is -0.301 e. The molecule has 1 aliphatic heterocycles. The van der Waals surface area contributed by atoms with E-state index in [0.717, 1.165) is 10.9 Å². The summed E-state index contributed by atoms with van der Waals surface area (Å²) in [6, 6.07) is 7.21. The van der Waals surface area contributed by atoms with Crippen LogP contribution in [0.15, 0.2) is 18.2 Å². The quantitative estimate of drug-likeness (QED) is 0.741. The second-order valence-corrected chi connectivity index (χ2v) is 7.13. The number of benzene rings is 1. The molecular formula is C17H24ClN. The fourth-order valence-electron chi connectivity index (χ4n) is 4.18. The van der Waals surface area contributed by atoms with Crippen LogP contribution in [0.2, 0.25) is 5.02 Å². The van der Waals surface area contributed by atoms with Crippen LogP contribution in [0, 0.1) is 5.92 Å². The van der Waals surface area contributed by atoms with Crippen LogP contribution in [0.4, 0.5) is 0 Å². The zero-order chi connectivity index (χ0) is 13.6. The Labute approximate surface area is 121 Å². The smallest absolute Gasteiger partial charge is 0.0409 e. The molecule has 0 aromatic heterocycles. The van der Waals surface area contributed by atoms with E-state index in [9.17, 15) is 0 Å². The first-order valence-electron chi connectivity index (χ1n) is 7.56. The van der Waals surface area contributed by atoms with Gasteiger partial charge in [-0.05, 0) is 75.4 Å². The molecule has 1 aliphatic carbocycles. The number of nitrogens with zero attached hydrogens (tertiary/aromatic N) is 1. The molecule has 1 heterocycles. The predicted molar refractivity (Wildman–Crippen MR) is 81.9 cm³/mol. The molecule has 2 heteroatoms. The number of likely N-dealkylation sites (tertiary alicyclic amines) is 1. The van der Waals surface area contributed by atoms with Gasteiger partial charge in [0.05, 0.1) is 0 Å². The van der Waals surface area contributed by atoms with E-state index in [4.69, 9.17) is 11.6 Å². The summed E-state index contributed by atoms with van der Waals surface area (Å²) in [4.78, 5) is 2.61. The van der Waals surface area contributed by atoms with Crippen LogP contribution in [-0.4, -0.2) is 24.0 Å². The number of hydrogen-bond donors (Lipinski definition) is 0. The van der Waals surface area contributed by atoms with Gasteiger partial charge in [-0.3, -0.25) is 0 Å². The van der Waals surface area contributed by atoms with E-state index in [1.165, 1.54) is 37.9 Å². The van der Waals surface area contributed by atoms with E-state index in [1.54, 1.807) is 5.56 Å². The summed E-state index contributed by atoms with van der Waals surface area (Å²) >= 11 is 6.24. The van der Waals surface area contributed by atoms with Crippen molar-refractivity contribution >= 4 is 11.6 Å². The van der Waals surface area contributed by atoms with Crippen molar-refractivity contribution in [2.24, 2.45) is 5.92 Å². The van der Waals surface area contributed by atoms with Crippen molar-refractivity contribution in [3.8, 4) is 0 Å². The summed E-state index contributed by atoms with van der Waals surface area (Å²) in [5, 5.41) is 0.901. The molecule has 1 unspecified atom stereocenters. The molecule has 104 valence electrons. The Morgan fingerprint density at radius 2 is 1.95 bits per heavy atom. The van der Waals surface area contributed by atoms with E-state index in [0.29, 0.717) is 11.5 Å². The van der Waals surface area contributed by atoms with E-state index >= 15 is 0 Å². The summed E-state index contributed by atoms with van der Waals surface area (Å²) in [5.41, 5.74) is 3.48. The molecule has 0 saturated carbocycles. The van der Waals surface area contributed by atoms with Crippen LogP contribution in [0.5, 0.6) is 0 Å². The zero-order valence-corrected chi connectivity index (χ0v) is 13.0. The summed E-state index contributed by atoms with van der Waals surface area (Å²) < 4.78 is 0. The zero-order valence-electron chi connectivity index (χ0n) is 12.2. The van der Waals surface area contributed by atoms with Crippen molar-refractivity contribution in [3.63, 3.8) is 0 Å². The molecule has 0 amide bonds. The van der Waals surface area contributed by atoms with Gasteiger partial charge in [0.15, 0.2) is 0 Å². The molecule has 0 N–H and O–H groups in total. The Morgan fingerprint density at radius 3 is 2.58 bits per heavy atom. The highest BCUT2D eigenvalue weighted by molar-refractivity contribution is 6.30. The predicted octanol–water partition coefficient (Wildman–Crippen LogP) is 4.27. The number of halogens is 1. The highest BCUT2D eigenvalue weighted by Crippen LogP contribution is 2.50. The van der Waals surface area contributed by atoms with Crippen molar-refractivity contribution in [3.05, 3.63) is 34.3 Å². The van der Waals surface area contributed by atoms with Gasteiger partial charge in [-0.1, -0.05) is 24.6 Å². The summed E-state index contributed by atoms with van der Waals surface area (Å²) in [6.45, 7) is 9.50. The van der Waals surface area contributed by atoms with Gasteiger partial charge in [0.2, 0.25) is 0 Å². The fraction of sp³-hybridized carbons (Fsp3) is 0.647. The number of rotatable bonds is 1. The molecule has 0 radical (unpaired) electrons.